The van der Waals surface area contributed by atoms with E-state index in [0.29, 0.717) is 12.3 Å². The van der Waals surface area contributed by atoms with Crippen molar-refractivity contribution in [1.82, 2.24) is 15.5 Å². The molecule has 1 atom stereocenters. The highest BCUT2D eigenvalue weighted by Crippen LogP contribution is 2.34. The first-order valence-corrected chi connectivity index (χ1v) is 12.1. The van der Waals surface area contributed by atoms with E-state index < -0.39 is 0 Å². The zero-order valence-electron chi connectivity index (χ0n) is 18.8. The molecule has 2 saturated heterocycles. The molecule has 0 aromatic heterocycles. The van der Waals surface area contributed by atoms with Gasteiger partial charge in [-0.1, -0.05) is 37.3 Å². The summed E-state index contributed by atoms with van der Waals surface area (Å²) >= 11 is 2.02. The number of hydrogen-bond acceptors (Lipinski definition) is 4. The first-order valence-electron chi connectivity index (χ1n) is 11.1. The van der Waals surface area contributed by atoms with Gasteiger partial charge in [-0.2, -0.15) is 11.8 Å². The van der Waals surface area contributed by atoms with Crippen LogP contribution in [0.1, 0.15) is 31.7 Å². The van der Waals surface area contributed by atoms with Crippen LogP contribution in [-0.4, -0.2) is 73.7 Å². The molecule has 0 radical (unpaired) electrons. The lowest BCUT2D eigenvalue weighted by Gasteiger charge is -2.37. The molecular formula is C23H37IN4O2S. The van der Waals surface area contributed by atoms with Gasteiger partial charge < -0.3 is 20.3 Å². The monoisotopic (exact) mass is 560 g/mol. The van der Waals surface area contributed by atoms with Gasteiger partial charge in [0, 0.05) is 63.5 Å². The first kappa shape index (κ1) is 26.3. The number of carbonyl (C=O) groups excluding carboxylic acids is 1. The van der Waals surface area contributed by atoms with Gasteiger partial charge in [0.2, 0.25) is 5.91 Å². The maximum absolute atomic E-state index is 12.4. The van der Waals surface area contributed by atoms with Crippen LogP contribution in [0.5, 0.6) is 0 Å². The predicted molar refractivity (Wildman–Crippen MR) is 141 cm³/mol. The van der Waals surface area contributed by atoms with Crippen molar-refractivity contribution >= 4 is 47.6 Å². The fourth-order valence-corrected chi connectivity index (χ4v) is 5.49. The Morgan fingerprint density at radius 3 is 2.68 bits per heavy atom. The summed E-state index contributed by atoms with van der Waals surface area (Å²) in [7, 11) is 1.81. The van der Waals surface area contributed by atoms with Crippen molar-refractivity contribution in [3.63, 3.8) is 0 Å². The molecule has 2 aliphatic heterocycles. The fraction of sp³-hybridized carbons (Fsp3) is 0.652. The SMILES string of the molecule is CCSC1(CNC(=NC)NCC2CC(=O)N(CCc3ccccc3)C2)CCOCC1.I. The molecule has 1 aromatic carbocycles. The van der Waals surface area contributed by atoms with E-state index in [1.54, 1.807) is 0 Å². The highest BCUT2D eigenvalue weighted by Gasteiger charge is 2.33. The Morgan fingerprint density at radius 2 is 2.00 bits per heavy atom. The van der Waals surface area contributed by atoms with Gasteiger partial charge in [-0.25, -0.2) is 0 Å². The van der Waals surface area contributed by atoms with Crippen LogP contribution in [0.3, 0.4) is 0 Å². The summed E-state index contributed by atoms with van der Waals surface area (Å²) in [5, 5.41) is 6.97. The number of hydrogen-bond donors (Lipinski definition) is 2. The van der Waals surface area contributed by atoms with Crippen molar-refractivity contribution < 1.29 is 9.53 Å². The van der Waals surface area contributed by atoms with Crippen molar-refractivity contribution in [2.24, 2.45) is 10.9 Å². The Balaban J connectivity index is 0.00000341. The maximum atomic E-state index is 12.4. The molecule has 2 heterocycles. The number of amides is 1. The van der Waals surface area contributed by atoms with Gasteiger partial charge in [0.05, 0.1) is 0 Å². The Bertz CT molecular complexity index is 693. The lowest BCUT2D eigenvalue weighted by Crippen LogP contribution is -2.48. The highest BCUT2D eigenvalue weighted by molar-refractivity contribution is 14.0. The molecule has 8 heteroatoms. The third kappa shape index (κ3) is 8.13. The second-order valence-corrected chi connectivity index (χ2v) is 9.91. The summed E-state index contributed by atoms with van der Waals surface area (Å²) in [6, 6.07) is 10.4. The lowest BCUT2D eigenvalue weighted by molar-refractivity contribution is -0.127. The van der Waals surface area contributed by atoms with Crippen LogP contribution in [-0.2, 0) is 16.0 Å². The van der Waals surface area contributed by atoms with Crippen LogP contribution in [0.2, 0.25) is 0 Å². The molecule has 0 saturated carbocycles. The van der Waals surface area contributed by atoms with Crippen LogP contribution >= 0.6 is 35.7 Å². The summed E-state index contributed by atoms with van der Waals surface area (Å²) in [6.45, 7) is 7.17. The van der Waals surface area contributed by atoms with Crippen LogP contribution in [0.15, 0.2) is 35.3 Å². The molecule has 6 nitrogen and oxygen atoms in total. The number of benzene rings is 1. The molecule has 31 heavy (non-hydrogen) atoms. The average Bonchev–Trinajstić information content (AvgIpc) is 3.13. The molecule has 0 bridgehead atoms. The van der Waals surface area contributed by atoms with Crippen molar-refractivity contribution in [1.29, 1.82) is 0 Å². The standard InChI is InChI=1S/C23H36N4O2S.HI/c1-3-30-23(10-13-29-14-11-23)18-26-22(24-2)25-16-20-15-21(28)27(17-20)12-9-19-7-5-4-6-8-19;/h4-8,20H,3,9-18H2,1-2H3,(H2,24,25,26);1H. The molecule has 1 aromatic rings. The topological polar surface area (TPSA) is 66.0 Å². The number of carbonyl (C=O) groups is 1. The molecule has 1 unspecified atom stereocenters. The second-order valence-electron chi connectivity index (χ2n) is 8.18. The summed E-state index contributed by atoms with van der Waals surface area (Å²) < 4.78 is 5.79. The average molecular weight is 561 g/mol. The van der Waals surface area contributed by atoms with Crippen molar-refractivity contribution in [2.45, 2.75) is 37.4 Å². The second kappa shape index (κ2) is 13.5. The summed E-state index contributed by atoms with van der Waals surface area (Å²) in [5.74, 6) is 2.53. The van der Waals surface area contributed by atoms with E-state index in [0.717, 1.165) is 70.4 Å². The minimum Gasteiger partial charge on any atom is -0.381 e. The van der Waals surface area contributed by atoms with Gasteiger partial charge in [0.1, 0.15) is 0 Å². The normalized spacial score (nSPS) is 21.0. The van der Waals surface area contributed by atoms with Gasteiger partial charge in [-0.15, -0.1) is 24.0 Å². The van der Waals surface area contributed by atoms with Crippen LogP contribution in [0.4, 0.5) is 0 Å². The van der Waals surface area contributed by atoms with E-state index in [1.807, 2.05) is 29.8 Å². The molecule has 174 valence electrons. The van der Waals surface area contributed by atoms with E-state index in [1.165, 1.54) is 5.56 Å². The lowest BCUT2D eigenvalue weighted by atomic mass is 9.99. The smallest absolute Gasteiger partial charge is 0.223 e. The zero-order valence-corrected chi connectivity index (χ0v) is 21.9. The molecular weight excluding hydrogens is 523 g/mol. The summed E-state index contributed by atoms with van der Waals surface area (Å²) in [5.41, 5.74) is 1.28. The number of likely N-dealkylation sites (tertiary alicyclic amines) is 1. The Labute approximate surface area is 208 Å². The fourth-order valence-electron chi connectivity index (χ4n) is 4.24. The van der Waals surface area contributed by atoms with Crippen LogP contribution in [0, 0.1) is 5.92 Å². The quantitative estimate of drug-likeness (QED) is 0.276. The Kier molecular flexibility index (Phi) is 11.5. The molecule has 2 aliphatic rings. The van der Waals surface area contributed by atoms with Gasteiger partial charge in [0.25, 0.3) is 0 Å². The third-order valence-electron chi connectivity index (χ3n) is 6.02. The van der Waals surface area contributed by atoms with Crippen LogP contribution < -0.4 is 10.6 Å². The Morgan fingerprint density at radius 1 is 1.26 bits per heavy atom. The molecule has 0 aliphatic carbocycles. The summed E-state index contributed by atoms with van der Waals surface area (Å²) in [4.78, 5) is 18.8. The van der Waals surface area contributed by atoms with E-state index in [2.05, 4.69) is 46.8 Å². The summed E-state index contributed by atoms with van der Waals surface area (Å²) in [6.07, 6.45) is 3.68. The van der Waals surface area contributed by atoms with Gasteiger partial charge in [-0.05, 0) is 30.6 Å². The zero-order chi connectivity index (χ0) is 21.2. The van der Waals surface area contributed by atoms with Crippen molar-refractivity contribution in [2.75, 3.05) is 52.2 Å². The molecule has 0 spiro atoms. The van der Waals surface area contributed by atoms with Crippen molar-refractivity contribution in [3.05, 3.63) is 35.9 Å². The number of thioether (sulfide) groups is 1. The number of ether oxygens (including phenoxy) is 1. The number of halogens is 1. The highest BCUT2D eigenvalue weighted by atomic mass is 127. The van der Waals surface area contributed by atoms with Gasteiger partial charge >= 0.3 is 0 Å². The number of nitrogens with zero attached hydrogens (tertiary/aromatic N) is 2. The van der Waals surface area contributed by atoms with Gasteiger partial charge in [0.15, 0.2) is 5.96 Å². The number of aliphatic imine (C=N–C) groups is 1. The molecule has 2 N–H and O–H groups in total. The molecule has 1 amide bonds. The van der Waals surface area contributed by atoms with Crippen LogP contribution in [0.25, 0.3) is 0 Å². The third-order valence-corrected chi connectivity index (χ3v) is 7.48. The largest absolute Gasteiger partial charge is 0.381 e. The van der Waals surface area contributed by atoms with E-state index in [9.17, 15) is 4.79 Å². The van der Waals surface area contributed by atoms with E-state index in [4.69, 9.17) is 4.74 Å². The van der Waals surface area contributed by atoms with Crippen molar-refractivity contribution in [3.8, 4) is 0 Å². The Hall–Kier alpha value is -1.000. The maximum Gasteiger partial charge on any atom is 0.223 e. The molecule has 2 fully saturated rings. The van der Waals surface area contributed by atoms with Gasteiger partial charge in [-0.3, -0.25) is 9.79 Å². The number of rotatable bonds is 9. The molecule has 3 rings (SSSR count). The minimum atomic E-state index is 0. The van der Waals surface area contributed by atoms with E-state index >= 15 is 0 Å². The minimum absolute atomic E-state index is 0. The number of guanidine groups is 1. The van der Waals surface area contributed by atoms with E-state index in [-0.39, 0.29) is 34.6 Å². The first-order chi connectivity index (χ1) is 14.6. The number of nitrogens with one attached hydrogen (secondary N) is 2. The predicted octanol–water partition coefficient (Wildman–Crippen LogP) is 3.16.